The molecule has 1 heterocycles. The summed E-state index contributed by atoms with van der Waals surface area (Å²) in [5.41, 5.74) is 0. The topological polar surface area (TPSA) is 105 Å². The summed E-state index contributed by atoms with van der Waals surface area (Å²) in [6.45, 7) is 2.80. The molecular weight excluding hydrogens is 280 g/mol. The minimum absolute atomic E-state index is 0.0751. The van der Waals surface area contributed by atoms with Crippen LogP contribution in [0.3, 0.4) is 0 Å². The maximum Gasteiger partial charge on any atom is 0.317 e. The summed E-state index contributed by atoms with van der Waals surface area (Å²) in [5, 5.41) is 11.8. The fourth-order valence-electron chi connectivity index (χ4n) is 2.22. The lowest BCUT2D eigenvalue weighted by Crippen LogP contribution is -2.51. The van der Waals surface area contributed by atoms with Gasteiger partial charge < -0.3 is 24.8 Å². The maximum absolute atomic E-state index is 12.2. The molecule has 0 radical (unpaired) electrons. The number of urea groups is 1. The summed E-state index contributed by atoms with van der Waals surface area (Å²) in [6, 6.07) is -0.872. The summed E-state index contributed by atoms with van der Waals surface area (Å²) < 4.78 is 9.68. The Labute approximate surface area is 123 Å². The van der Waals surface area contributed by atoms with Crippen LogP contribution in [0.1, 0.15) is 19.8 Å². The van der Waals surface area contributed by atoms with Crippen LogP contribution < -0.4 is 5.32 Å². The van der Waals surface area contributed by atoms with E-state index in [2.05, 4.69) is 10.1 Å². The van der Waals surface area contributed by atoms with Gasteiger partial charge in [-0.25, -0.2) is 4.79 Å². The second kappa shape index (κ2) is 8.46. The normalized spacial score (nSPS) is 20.9. The number of carboxylic acid groups (broad SMARTS) is 1. The predicted octanol–water partition coefficient (Wildman–Crippen LogP) is 0.0707. The Morgan fingerprint density at radius 3 is 2.67 bits per heavy atom. The first-order valence-corrected chi connectivity index (χ1v) is 6.93. The molecule has 2 amide bonds. The summed E-state index contributed by atoms with van der Waals surface area (Å²) >= 11 is 0. The number of esters is 1. The van der Waals surface area contributed by atoms with E-state index in [-0.39, 0.29) is 32.2 Å². The Morgan fingerprint density at radius 1 is 1.38 bits per heavy atom. The number of nitrogens with zero attached hydrogens (tertiary/aromatic N) is 1. The van der Waals surface area contributed by atoms with Crippen LogP contribution in [0.25, 0.3) is 0 Å². The van der Waals surface area contributed by atoms with E-state index in [1.807, 2.05) is 6.92 Å². The molecule has 1 saturated heterocycles. The van der Waals surface area contributed by atoms with Gasteiger partial charge in [0.15, 0.2) is 0 Å². The first-order valence-electron chi connectivity index (χ1n) is 6.93. The molecule has 0 spiro atoms. The largest absolute Gasteiger partial charge is 0.481 e. The third kappa shape index (κ3) is 4.89. The number of amides is 2. The molecule has 2 unspecified atom stereocenters. The van der Waals surface area contributed by atoms with Gasteiger partial charge in [-0.1, -0.05) is 6.92 Å². The number of rotatable bonds is 7. The van der Waals surface area contributed by atoms with Crippen molar-refractivity contribution >= 4 is 18.0 Å². The van der Waals surface area contributed by atoms with Gasteiger partial charge in [-0.05, 0) is 6.42 Å². The Bertz CT molecular complexity index is 387. The standard InChI is InChI=1S/C13H22N2O6/c1-3-6-15(10-8-21-7-9(10)12(17)18)13(19)14-5-4-11(16)20-2/h9-10H,3-8H2,1-2H3,(H,14,19)(H,17,18). The lowest BCUT2D eigenvalue weighted by atomic mass is 10.0. The summed E-state index contributed by atoms with van der Waals surface area (Å²) in [6.07, 6.45) is 0.777. The van der Waals surface area contributed by atoms with E-state index in [0.717, 1.165) is 0 Å². The number of carbonyl (C=O) groups excluding carboxylic acids is 2. The fourth-order valence-corrected chi connectivity index (χ4v) is 2.22. The van der Waals surface area contributed by atoms with Crippen molar-refractivity contribution in [1.29, 1.82) is 0 Å². The van der Waals surface area contributed by atoms with Gasteiger partial charge in [0.2, 0.25) is 0 Å². The minimum Gasteiger partial charge on any atom is -0.481 e. The molecule has 8 nitrogen and oxygen atoms in total. The van der Waals surface area contributed by atoms with Crippen molar-refractivity contribution < 1.29 is 29.0 Å². The molecule has 0 aromatic carbocycles. The summed E-state index contributed by atoms with van der Waals surface area (Å²) in [7, 11) is 1.28. The Kier molecular flexibility index (Phi) is 6.93. The number of nitrogens with one attached hydrogen (secondary N) is 1. The molecule has 0 aromatic heterocycles. The lowest BCUT2D eigenvalue weighted by molar-refractivity contribution is -0.143. The van der Waals surface area contributed by atoms with Gasteiger partial charge in [0.25, 0.3) is 0 Å². The van der Waals surface area contributed by atoms with Gasteiger partial charge in [-0.15, -0.1) is 0 Å². The van der Waals surface area contributed by atoms with Gasteiger partial charge in [0.1, 0.15) is 5.92 Å². The van der Waals surface area contributed by atoms with Gasteiger partial charge >= 0.3 is 18.0 Å². The third-order valence-corrected chi connectivity index (χ3v) is 3.33. The number of methoxy groups -OCH3 is 1. The average Bonchev–Trinajstić information content (AvgIpc) is 2.93. The van der Waals surface area contributed by atoms with Crippen molar-refractivity contribution in [1.82, 2.24) is 10.2 Å². The smallest absolute Gasteiger partial charge is 0.317 e. The van der Waals surface area contributed by atoms with Gasteiger partial charge in [-0.2, -0.15) is 0 Å². The zero-order valence-electron chi connectivity index (χ0n) is 12.3. The van der Waals surface area contributed by atoms with Gasteiger partial charge in [-0.3, -0.25) is 9.59 Å². The first kappa shape index (κ1) is 17.2. The van der Waals surface area contributed by atoms with Crippen LogP contribution in [0, 0.1) is 5.92 Å². The van der Waals surface area contributed by atoms with E-state index in [1.165, 1.54) is 12.0 Å². The minimum atomic E-state index is -0.971. The van der Waals surface area contributed by atoms with Crippen LogP contribution in [0.5, 0.6) is 0 Å². The number of carboxylic acids is 1. The quantitative estimate of drug-likeness (QED) is 0.645. The molecule has 1 fully saturated rings. The average molecular weight is 302 g/mol. The van der Waals surface area contributed by atoms with Crippen LogP contribution >= 0.6 is 0 Å². The SMILES string of the molecule is CCCN(C(=O)NCCC(=O)OC)C1COCC1C(=O)O. The van der Waals surface area contributed by atoms with Crippen molar-refractivity contribution in [3.05, 3.63) is 0 Å². The zero-order valence-corrected chi connectivity index (χ0v) is 12.3. The molecule has 0 aliphatic carbocycles. The van der Waals surface area contributed by atoms with E-state index in [4.69, 9.17) is 9.84 Å². The van der Waals surface area contributed by atoms with Gasteiger partial charge in [0, 0.05) is 13.1 Å². The molecule has 0 bridgehead atoms. The van der Waals surface area contributed by atoms with Crippen LogP contribution in [0.4, 0.5) is 4.79 Å². The highest BCUT2D eigenvalue weighted by molar-refractivity contribution is 5.78. The molecule has 21 heavy (non-hydrogen) atoms. The second-order valence-electron chi connectivity index (χ2n) is 4.80. The van der Waals surface area contributed by atoms with Crippen LogP contribution in [-0.4, -0.2) is 67.4 Å². The highest BCUT2D eigenvalue weighted by Crippen LogP contribution is 2.20. The van der Waals surface area contributed by atoms with Crippen molar-refractivity contribution in [2.24, 2.45) is 5.92 Å². The van der Waals surface area contributed by atoms with E-state index < -0.39 is 23.9 Å². The molecule has 1 aliphatic heterocycles. The molecule has 2 N–H and O–H groups in total. The van der Waals surface area contributed by atoms with Crippen molar-refractivity contribution in [3.8, 4) is 0 Å². The van der Waals surface area contributed by atoms with Crippen LogP contribution in [0.2, 0.25) is 0 Å². The predicted molar refractivity (Wildman–Crippen MR) is 72.8 cm³/mol. The number of carbonyl (C=O) groups is 3. The van der Waals surface area contributed by atoms with Gasteiger partial charge in [0.05, 0.1) is 32.8 Å². The van der Waals surface area contributed by atoms with Crippen molar-refractivity contribution in [2.45, 2.75) is 25.8 Å². The molecular formula is C13H22N2O6. The summed E-state index contributed by atoms with van der Waals surface area (Å²) in [4.78, 5) is 35.8. The van der Waals surface area contributed by atoms with Crippen LogP contribution in [-0.2, 0) is 19.1 Å². The third-order valence-electron chi connectivity index (χ3n) is 3.33. The van der Waals surface area contributed by atoms with E-state index >= 15 is 0 Å². The maximum atomic E-state index is 12.2. The first-order chi connectivity index (χ1) is 10.0. The number of ether oxygens (including phenoxy) is 2. The molecule has 2 atom stereocenters. The summed E-state index contributed by atoms with van der Waals surface area (Å²) in [5.74, 6) is -2.10. The molecule has 120 valence electrons. The second-order valence-corrected chi connectivity index (χ2v) is 4.80. The number of aliphatic carboxylic acids is 1. The zero-order chi connectivity index (χ0) is 15.8. The number of hydrogen-bond acceptors (Lipinski definition) is 5. The molecule has 0 saturated carbocycles. The van der Waals surface area contributed by atoms with E-state index in [1.54, 1.807) is 0 Å². The van der Waals surface area contributed by atoms with Crippen molar-refractivity contribution in [3.63, 3.8) is 0 Å². The van der Waals surface area contributed by atoms with Crippen LogP contribution in [0.15, 0.2) is 0 Å². The molecule has 0 aromatic rings. The number of hydrogen-bond donors (Lipinski definition) is 2. The Morgan fingerprint density at radius 2 is 2.10 bits per heavy atom. The fraction of sp³-hybridized carbons (Fsp3) is 0.769. The van der Waals surface area contributed by atoms with E-state index in [9.17, 15) is 14.4 Å². The monoisotopic (exact) mass is 302 g/mol. The molecule has 1 rings (SSSR count). The molecule has 1 aliphatic rings. The highest BCUT2D eigenvalue weighted by Gasteiger charge is 2.39. The highest BCUT2D eigenvalue weighted by atomic mass is 16.5. The lowest BCUT2D eigenvalue weighted by Gasteiger charge is -2.30. The Hall–Kier alpha value is -1.83. The Balaban J connectivity index is 2.61. The molecule has 8 heteroatoms. The van der Waals surface area contributed by atoms with E-state index in [0.29, 0.717) is 13.0 Å². The van der Waals surface area contributed by atoms with Crippen molar-refractivity contribution in [2.75, 3.05) is 33.4 Å².